The van der Waals surface area contributed by atoms with E-state index in [-0.39, 0.29) is 34.8 Å². The average Bonchev–Trinajstić information content (AvgIpc) is 3.56. The fraction of sp³-hybridized carbons (Fsp3) is 0.440. The molecule has 3 aliphatic heterocycles. The number of nitrogens with one attached hydrogen (secondary N) is 1. The summed E-state index contributed by atoms with van der Waals surface area (Å²) in [6.45, 7) is 3.13. The molecule has 4 heterocycles. The van der Waals surface area contributed by atoms with E-state index in [0.29, 0.717) is 30.5 Å². The van der Waals surface area contributed by atoms with Gasteiger partial charge < -0.3 is 19.5 Å². The van der Waals surface area contributed by atoms with Gasteiger partial charge in [0.05, 0.1) is 29.6 Å². The van der Waals surface area contributed by atoms with Gasteiger partial charge in [-0.05, 0) is 56.0 Å². The van der Waals surface area contributed by atoms with E-state index in [1.165, 1.54) is 42.8 Å². The molecule has 3 fully saturated rings. The summed E-state index contributed by atoms with van der Waals surface area (Å²) in [5.74, 6) is 3.04. The van der Waals surface area contributed by atoms with Gasteiger partial charge in [-0.2, -0.15) is 0 Å². The average molecular weight is 483 g/mol. The Hall–Kier alpha value is -2.62. The summed E-state index contributed by atoms with van der Waals surface area (Å²) in [7, 11) is 0.117. The van der Waals surface area contributed by atoms with Crippen LogP contribution < -0.4 is 10.1 Å². The number of hydrogen-bond donors (Lipinski definition) is 1. The Balaban J connectivity index is 1.31. The molecule has 1 aromatic heterocycles. The Morgan fingerprint density at radius 2 is 2.03 bits per heavy atom. The molecule has 0 radical (unpaired) electrons. The summed E-state index contributed by atoms with van der Waals surface area (Å²) in [6, 6.07) is 8.58. The maximum Gasteiger partial charge on any atom is 0.151 e. The first-order valence-corrected chi connectivity index (χ1v) is 13.3. The molecule has 1 N–H and O–H groups in total. The minimum atomic E-state index is -0.369. The van der Waals surface area contributed by atoms with Crippen LogP contribution in [0.1, 0.15) is 24.8 Å². The summed E-state index contributed by atoms with van der Waals surface area (Å²) in [5, 5.41) is 4.27. The monoisotopic (exact) mass is 482 g/mol. The van der Waals surface area contributed by atoms with Gasteiger partial charge in [-0.3, -0.25) is 0 Å². The first-order valence-electron chi connectivity index (χ1n) is 11.8. The highest BCUT2D eigenvalue weighted by Crippen LogP contribution is 2.36. The van der Waals surface area contributed by atoms with Crippen LogP contribution >= 0.6 is 0 Å². The molecule has 3 aliphatic rings. The zero-order valence-electron chi connectivity index (χ0n) is 19.0. The van der Waals surface area contributed by atoms with Crippen LogP contribution in [0.2, 0.25) is 0 Å². The number of hydrogen-bond acceptors (Lipinski definition) is 7. The molecule has 1 unspecified atom stereocenters. The first-order chi connectivity index (χ1) is 16.6. The van der Waals surface area contributed by atoms with E-state index in [1.807, 2.05) is 13.0 Å². The molecule has 0 aliphatic carbocycles. The molecule has 0 amide bonds. The highest BCUT2D eigenvalue weighted by atomic mass is 32.2. The van der Waals surface area contributed by atoms with Crippen LogP contribution in [0.15, 0.2) is 41.0 Å². The second kappa shape index (κ2) is 9.20. The lowest BCUT2D eigenvalue weighted by Crippen LogP contribution is -2.32. The molecule has 2 aromatic carbocycles. The molecule has 3 atom stereocenters. The lowest BCUT2D eigenvalue weighted by atomic mass is 10.1. The number of anilines is 2. The number of ether oxygens (including phenoxy) is 3. The summed E-state index contributed by atoms with van der Waals surface area (Å²) in [6.07, 6.45) is 4.57. The van der Waals surface area contributed by atoms with Gasteiger partial charge in [0.1, 0.15) is 29.8 Å². The number of fused-ring (bicyclic) bond motifs is 2. The van der Waals surface area contributed by atoms with E-state index < -0.39 is 0 Å². The Bertz CT molecular complexity index is 1260. The smallest absolute Gasteiger partial charge is 0.151 e. The molecular weight excluding hydrogens is 455 g/mol. The standard InChI is InChI=1S/C25H27FN4O3S/c1-15-10-17(30-34-8-2-3-9-34)12-19-23(15)25(28-14-27-19)29-18-5-4-16(26)11-21(18)33-22-13-32-20-6-7-31-24(20)22/h4-5,10-12,14,20,22,24H,2-3,6-9,13H2,1H3,(H,27,28,29)/t20-,22-,24?/m1/s1. The van der Waals surface area contributed by atoms with Crippen molar-refractivity contribution in [3.05, 3.63) is 48.0 Å². The number of nitrogens with zero attached hydrogens (tertiary/aromatic N) is 3. The Kier molecular flexibility index (Phi) is 5.92. The second-order valence-corrected chi connectivity index (χ2v) is 10.9. The molecule has 3 aromatic rings. The minimum absolute atomic E-state index is 0.0490. The van der Waals surface area contributed by atoms with Crippen molar-refractivity contribution in [1.29, 1.82) is 0 Å². The summed E-state index contributed by atoms with van der Waals surface area (Å²) >= 11 is 0. The lowest BCUT2D eigenvalue weighted by Gasteiger charge is -2.21. The van der Waals surface area contributed by atoms with Crippen molar-refractivity contribution >= 4 is 38.8 Å². The quantitative estimate of drug-likeness (QED) is 0.553. The number of aromatic nitrogens is 2. The summed E-state index contributed by atoms with van der Waals surface area (Å²) < 4.78 is 36.9. The molecule has 0 spiro atoms. The Morgan fingerprint density at radius 3 is 2.91 bits per heavy atom. The van der Waals surface area contributed by atoms with Crippen LogP contribution in [0.4, 0.5) is 21.6 Å². The van der Waals surface area contributed by atoms with Crippen LogP contribution in [0.3, 0.4) is 0 Å². The van der Waals surface area contributed by atoms with Crippen molar-refractivity contribution < 1.29 is 18.6 Å². The second-order valence-electron chi connectivity index (χ2n) is 8.97. The van der Waals surface area contributed by atoms with Crippen LogP contribution in [-0.2, 0) is 20.2 Å². The van der Waals surface area contributed by atoms with Crippen molar-refractivity contribution in [1.82, 2.24) is 9.97 Å². The van der Waals surface area contributed by atoms with Gasteiger partial charge >= 0.3 is 0 Å². The van der Waals surface area contributed by atoms with Crippen LogP contribution in [-0.4, -0.2) is 53.0 Å². The topological polar surface area (TPSA) is 77.9 Å². The van der Waals surface area contributed by atoms with Crippen molar-refractivity contribution in [2.75, 3.05) is 30.0 Å². The van der Waals surface area contributed by atoms with Gasteiger partial charge in [0.2, 0.25) is 0 Å². The minimum Gasteiger partial charge on any atom is -0.483 e. The van der Waals surface area contributed by atoms with E-state index in [9.17, 15) is 4.39 Å². The summed E-state index contributed by atoms with van der Waals surface area (Å²) in [4.78, 5) is 9.00. The molecule has 9 heteroatoms. The number of benzene rings is 2. The van der Waals surface area contributed by atoms with E-state index in [2.05, 4.69) is 21.4 Å². The van der Waals surface area contributed by atoms with Crippen LogP contribution in [0.25, 0.3) is 10.9 Å². The van der Waals surface area contributed by atoms with Gasteiger partial charge in [0.25, 0.3) is 0 Å². The van der Waals surface area contributed by atoms with Gasteiger partial charge in [0, 0.05) is 29.6 Å². The third-order valence-electron chi connectivity index (χ3n) is 6.56. The molecule has 0 bridgehead atoms. The largest absolute Gasteiger partial charge is 0.483 e. The van der Waals surface area contributed by atoms with Gasteiger partial charge in [-0.1, -0.05) is 10.7 Å². The predicted molar refractivity (Wildman–Crippen MR) is 131 cm³/mol. The maximum atomic E-state index is 14.2. The van der Waals surface area contributed by atoms with E-state index in [1.54, 1.807) is 6.07 Å². The highest BCUT2D eigenvalue weighted by Gasteiger charge is 2.43. The molecular formula is C25H27FN4O3S. The number of aryl methyl sites for hydroxylation is 1. The third kappa shape index (κ3) is 4.28. The van der Waals surface area contributed by atoms with Gasteiger partial charge in [0.15, 0.2) is 6.10 Å². The first kappa shape index (κ1) is 21.9. The lowest BCUT2D eigenvalue weighted by molar-refractivity contribution is 0.0310. The molecule has 6 rings (SSSR count). The number of rotatable bonds is 5. The van der Waals surface area contributed by atoms with Crippen molar-refractivity contribution in [3.63, 3.8) is 0 Å². The fourth-order valence-corrected chi connectivity index (χ4v) is 6.78. The fourth-order valence-electron chi connectivity index (χ4n) is 4.92. The molecule has 7 nitrogen and oxygen atoms in total. The number of halogens is 1. The highest BCUT2D eigenvalue weighted by molar-refractivity contribution is 7.87. The Labute approximate surface area is 200 Å². The predicted octanol–water partition coefficient (Wildman–Crippen LogP) is 4.98. The van der Waals surface area contributed by atoms with E-state index in [4.69, 9.17) is 18.6 Å². The Morgan fingerprint density at radius 1 is 1.15 bits per heavy atom. The third-order valence-corrected chi connectivity index (χ3v) is 8.55. The van der Waals surface area contributed by atoms with E-state index in [0.717, 1.165) is 28.6 Å². The van der Waals surface area contributed by atoms with Crippen molar-refractivity contribution in [2.24, 2.45) is 4.36 Å². The maximum absolute atomic E-state index is 14.2. The molecule has 0 saturated carbocycles. The van der Waals surface area contributed by atoms with Crippen molar-refractivity contribution in [2.45, 2.75) is 44.5 Å². The van der Waals surface area contributed by atoms with Crippen LogP contribution in [0, 0.1) is 12.7 Å². The van der Waals surface area contributed by atoms with Crippen LogP contribution in [0.5, 0.6) is 5.75 Å². The zero-order valence-corrected chi connectivity index (χ0v) is 19.8. The van der Waals surface area contributed by atoms with Gasteiger partial charge in [-0.25, -0.2) is 18.7 Å². The SMILES string of the molecule is Cc1cc(N=S2CCCC2)cc2ncnc(Nc3ccc(F)cc3O[C@@H]3CO[C@@H]4CCOC43)c12. The van der Waals surface area contributed by atoms with Crippen molar-refractivity contribution in [3.8, 4) is 5.75 Å². The zero-order chi connectivity index (χ0) is 23.1. The summed E-state index contributed by atoms with van der Waals surface area (Å²) in [5.41, 5.74) is 3.47. The molecule has 178 valence electrons. The molecule has 34 heavy (non-hydrogen) atoms. The van der Waals surface area contributed by atoms with Gasteiger partial charge in [-0.15, -0.1) is 0 Å². The van der Waals surface area contributed by atoms with E-state index >= 15 is 0 Å². The molecule has 3 saturated heterocycles. The normalized spacial score (nSPS) is 24.5.